The molecule has 0 fully saturated rings. The molecule has 0 unspecified atom stereocenters. The number of carboxylic acid groups (broad SMARTS) is 2. The number of nitrogens with two attached hydrogens (primary N) is 1. The second-order valence-corrected chi connectivity index (χ2v) is 16.1. The molecule has 0 aliphatic carbocycles. The Balaban J connectivity index is 1.75. The van der Waals surface area contributed by atoms with Gasteiger partial charge in [0.2, 0.25) is 23.6 Å². The Labute approximate surface area is 380 Å². The number of ketones is 2. The van der Waals surface area contributed by atoms with Crippen LogP contribution in [0.1, 0.15) is 82.8 Å². The zero-order valence-corrected chi connectivity index (χ0v) is 37.4. The first-order valence-corrected chi connectivity index (χ1v) is 22.1. The number of Topliss-reactive ketones (excluding diaryl/α,β-unsaturated/α-hetero) is 2. The van der Waals surface area contributed by atoms with Gasteiger partial charge in [-0.15, -0.1) is 0 Å². The van der Waals surface area contributed by atoms with Gasteiger partial charge in [-0.05, 0) is 92.4 Å². The first kappa shape index (κ1) is 53.0. The van der Waals surface area contributed by atoms with Crippen LogP contribution in [-0.2, 0) is 51.2 Å². The van der Waals surface area contributed by atoms with E-state index in [9.17, 15) is 43.5 Å². The second kappa shape index (κ2) is 29.2. The van der Waals surface area contributed by atoms with E-state index in [0.717, 1.165) is 29.5 Å². The lowest BCUT2D eigenvalue weighted by molar-refractivity contribution is -0.142. The molecule has 4 amide bonds. The molecule has 0 saturated carbocycles. The third-order valence-corrected chi connectivity index (χ3v) is 10.6. The number of nitrogens with one attached hydrogen (secondary N) is 6. The van der Waals surface area contributed by atoms with Crippen molar-refractivity contribution in [2.24, 2.45) is 11.7 Å². The van der Waals surface area contributed by atoms with Crippen LogP contribution in [-0.4, -0.2) is 108 Å². The standard InChI is InChI=1S/C48H65N7O10/c1-32(56)53-31-41(58)10-7-25-51-42(23-26-50-30-39(49)20-15-34-8-4-3-5-9-34)44(59)29-38(47(63)52-27-24-43(48(64)65)55-45(60)11-6-12-46(61)62)28-35-13-16-36(17-14-35)37-18-21-40(22-19-37)54-33(2)57/h3-5,8-9,13-14,16-19,21-22,38-39,42-43,50-51H,6-7,10-12,15,20,23-31,49H2,1-2H3,(H,52,63)(H,53,56)(H,54,57)(H,55,60)(H,61,62)(H,64,65)/t38-,39-,42-,43+/m0/s1. The first-order chi connectivity index (χ1) is 31.1. The second-order valence-electron chi connectivity index (χ2n) is 16.1. The van der Waals surface area contributed by atoms with Gasteiger partial charge in [0, 0.05) is 70.3 Å². The molecule has 3 aromatic rings. The van der Waals surface area contributed by atoms with E-state index in [1.165, 1.54) is 19.4 Å². The van der Waals surface area contributed by atoms with E-state index in [-0.39, 0.29) is 87.5 Å². The number of carboxylic acids is 2. The highest BCUT2D eigenvalue weighted by atomic mass is 16.4. The van der Waals surface area contributed by atoms with E-state index in [1.54, 1.807) is 12.1 Å². The van der Waals surface area contributed by atoms with Crippen molar-refractivity contribution in [2.75, 3.05) is 38.0 Å². The maximum absolute atomic E-state index is 14.2. The van der Waals surface area contributed by atoms with Gasteiger partial charge in [0.25, 0.3) is 0 Å². The number of aliphatic carboxylic acids is 2. The minimum absolute atomic E-state index is 0.0384. The van der Waals surface area contributed by atoms with Crippen LogP contribution in [0.3, 0.4) is 0 Å². The summed E-state index contributed by atoms with van der Waals surface area (Å²) in [6.07, 6.45) is 2.00. The SMILES string of the molecule is CC(=O)NCC(=O)CCCN[C@@H](CCNC[C@@H](N)CCc1ccccc1)C(=O)C[C@H](Cc1ccc(-c2ccc(NC(C)=O)cc2)cc1)C(=O)NCC[C@@H](NC(=O)CCCC(=O)O)C(=O)O. The summed E-state index contributed by atoms with van der Waals surface area (Å²) in [5.74, 6) is -5.26. The topological polar surface area (TPSA) is 275 Å². The predicted octanol–water partition coefficient (Wildman–Crippen LogP) is 3.14. The Morgan fingerprint density at radius 3 is 1.95 bits per heavy atom. The largest absolute Gasteiger partial charge is 0.481 e. The molecule has 17 nitrogen and oxygen atoms in total. The summed E-state index contributed by atoms with van der Waals surface area (Å²) >= 11 is 0. The summed E-state index contributed by atoms with van der Waals surface area (Å²) in [6, 6.07) is 22.7. The number of amides is 4. The van der Waals surface area contributed by atoms with Crippen LogP contribution < -0.4 is 37.6 Å². The Kier molecular flexibility index (Phi) is 23.8. The Morgan fingerprint density at radius 1 is 0.662 bits per heavy atom. The molecule has 3 aromatic carbocycles. The number of benzene rings is 3. The van der Waals surface area contributed by atoms with Crippen molar-refractivity contribution >= 4 is 52.8 Å². The zero-order valence-electron chi connectivity index (χ0n) is 37.4. The molecular formula is C48H65N7O10. The van der Waals surface area contributed by atoms with E-state index < -0.39 is 41.8 Å². The minimum Gasteiger partial charge on any atom is -0.481 e. The van der Waals surface area contributed by atoms with Crippen molar-refractivity contribution in [3.63, 3.8) is 0 Å². The number of rotatable bonds is 32. The molecule has 0 spiro atoms. The monoisotopic (exact) mass is 899 g/mol. The normalized spacial score (nSPS) is 12.8. The van der Waals surface area contributed by atoms with Crippen molar-refractivity contribution < 1.29 is 48.6 Å². The first-order valence-electron chi connectivity index (χ1n) is 22.1. The fourth-order valence-electron chi connectivity index (χ4n) is 7.00. The molecule has 0 heterocycles. The molecular weight excluding hydrogens is 835 g/mol. The highest BCUT2D eigenvalue weighted by Gasteiger charge is 2.28. The lowest BCUT2D eigenvalue weighted by Crippen LogP contribution is -2.45. The quantitative estimate of drug-likeness (QED) is 0.0408. The number of aryl methyl sites for hydroxylation is 1. The summed E-state index contributed by atoms with van der Waals surface area (Å²) in [5, 5.41) is 35.6. The third kappa shape index (κ3) is 22.2. The van der Waals surface area contributed by atoms with Crippen molar-refractivity contribution in [1.29, 1.82) is 0 Å². The predicted molar refractivity (Wildman–Crippen MR) is 247 cm³/mol. The Bertz CT molecular complexity index is 2010. The van der Waals surface area contributed by atoms with Gasteiger partial charge in [0.1, 0.15) is 6.04 Å². The molecule has 352 valence electrons. The molecule has 0 bridgehead atoms. The van der Waals surface area contributed by atoms with Crippen LogP contribution in [0.4, 0.5) is 5.69 Å². The molecule has 0 aliphatic heterocycles. The van der Waals surface area contributed by atoms with E-state index in [4.69, 9.17) is 10.8 Å². The van der Waals surface area contributed by atoms with Gasteiger partial charge in [-0.25, -0.2) is 4.79 Å². The lowest BCUT2D eigenvalue weighted by atomic mass is 9.89. The average molecular weight is 900 g/mol. The highest BCUT2D eigenvalue weighted by Crippen LogP contribution is 2.24. The van der Waals surface area contributed by atoms with Crippen molar-refractivity contribution in [2.45, 2.75) is 103 Å². The lowest BCUT2D eigenvalue weighted by Gasteiger charge is -2.23. The molecule has 0 aliphatic rings. The van der Waals surface area contributed by atoms with E-state index in [1.807, 2.05) is 54.6 Å². The molecule has 0 saturated heterocycles. The fourth-order valence-corrected chi connectivity index (χ4v) is 7.00. The molecule has 3 rings (SSSR count). The van der Waals surface area contributed by atoms with Crippen LogP contribution in [0.5, 0.6) is 0 Å². The summed E-state index contributed by atoms with van der Waals surface area (Å²) in [5.41, 5.74) is 10.8. The smallest absolute Gasteiger partial charge is 0.326 e. The van der Waals surface area contributed by atoms with Gasteiger partial charge < -0.3 is 47.8 Å². The summed E-state index contributed by atoms with van der Waals surface area (Å²) in [7, 11) is 0. The van der Waals surface area contributed by atoms with Crippen LogP contribution >= 0.6 is 0 Å². The van der Waals surface area contributed by atoms with Crippen molar-refractivity contribution in [3.05, 3.63) is 90.0 Å². The van der Waals surface area contributed by atoms with E-state index in [0.29, 0.717) is 38.2 Å². The number of carbonyl (C=O) groups is 8. The minimum atomic E-state index is -1.34. The zero-order chi connectivity index (χ0) is 47.6. The summed E-state index contributed by atoms with van der Waals surface area (Å²) < 4.78 is 0. The molecule has 0 radical (unpaired) electrons. The number of hydrogen-bond donors (Lipinski definition) is 9. The molecule has 17 heteroatoms. The summed E-state index contributed by atoms with van der Waals surface area (Å²) in [6.45, 7) is 3.82. The van der Waals surface area contributed by atoms with Gasteiger partial charge in [0.05, 0.1) is 12.6 Å². The van der Waals surface area contributed by atoms with E-state index >= 15 is 0 Å². The van der Waals surface area contributed by atoms with Gasteiger partial charge in [0.15, 0.2) is 11.6 Å². The highest BCUT2D eigenvalue weighted by molar-refractivity contribution is 5.91. The maximum atomic E-state index is 14.2. The third-order valence-electron chi connectivity index (χ3n) is 10.6. The van der Waals surface area contributed by atoms with Gasteiger partial charge >= 0.3 is 11.9 Å². The average Bonchev–Trinajstić information content (AvgIpc) is 3.26. The van der Waals surface area contributed by atoms with Crippen LogP contribution in [0.2, 0.25) is 0 Å². The number of hydrogen-bond acceptors (Lipinski definition) is 11. The Morgan fingerprint density at radius 2 is 1.32 bits per heavy atom. The summed E-state index contributed by atoms with van der Waals surface area (Å²) in [4.78, 5) is 98.3. The Hall–Kier alpha value is -6.30. The van der Waals surface area contributed by atoms with Gasteiger partial charge in [-0.2, -0.15) is 0 Å². The molecule has 0 aromatic heterocycles. The van der Waals surface area contributed by atoms with Crippen LogP contribution in [0.25, 0.3) is 11.1 Å². The fraction of sp³-hybridized carbons (Fsp3) is 0.458. The maximum Gasteiger partial charge on any atom is 0.326 e. The van der Waals surface area contributed by atoms with Crippen LogP contribution in [0, 0.1) is 5.92 Å². The molecule has 65 heavy (non-hydrogen) atoms. The molecule has 4 atom stereocenters. The van der Waals surface area contributed by atoms with Gasteiger partial charge in [-0.3, -0.25) is 33.6 Å². The van der Waals surface area contributed by atoms with E-state index in [2.05, 4.69) is 44.0 Å². The number of anilines is 1. The number of carbonyl (C=O) groups excluding carboxylic acids is 6. The molecule has 10 N–H and O–H groups in total. The van der Waals surface area contributed by atoms with Gasteiger partial charge in [-0.1, -0.05) is 66.7 Å². The van der Waals surface area contributed by atoms with Crippen molar-refractivity contribution in [1.82, 2.24) is 26.6 Å². The van der Waals surface area contributed by atoms with Crippen LogP contribution in [0.15, 0.2) is 78.9 Å². The van der Waals surface area contributed by atoms with Crippen molar-refractivity contribution in [3.8, 4) is 11.1 Å².